The minimum atomic E-state index is 0.0492. The van der Waals surface area contributed by atoms with Crippen molar-refractivity contribution in [3.05, 3.63) is 48.2 Å². The van der Waals surface area contributed by atoms with E-state index >= 15 is 0 Å². The standard InChI is InChI=1S/C23H28N4O2/c1-16(28)24-12-17-4-3-9-27(14-17)15-21-13-25-26-23(21)20-6-5-19-11-22(29-2)8-7-18(19)10-20/h5-8,10-11,13,17H,3-4,9,12,14-15H2,1-2H3,(H,24,28)(H,25,26). The summed E-state index contributed by atoms with van der Waals surface area (Å²) >= 11 is 0. The molecule has 1 unspecified atom stereocenters. The molecule has 1 aromatic heterocycles. The van der Waals surface area contributed by atoms with Crippen LogP contribution in [0.3, 0.4) is 0 Å². The van der Waals surface area contributed by atoms with Gasteiger partial charge >= 0.3 is 0 Å². The number of aromatic amines is 1. The van der Waals surface area contributed by atoms with Gasteiger partial charge in [0.2, 0.25) is 5.91 Å². The molecule has 0 saturated carbocycles. The highest BCUT2D eigenvalue weighted by molar-refractivity contribution is 5.88. The third-order valence-electron chi connectivity index (χ3n) is 5.69. The first-order chi connectivity index (χ1) is 14.1. The van der Waals surface area contributed by atoms with Gasteiger partial charge in [0.05, 0.1) is 19.0 Å². The highest BCUT2D eigenvalue weighted by Gasteiger charge is 2.21. The molecule has 1 saturated heterocycles. The van der Waals surface area contributed by atoms with Crippen LogP contribution in [0, 0.1) is 5.92 Å². The zero-order valence-corrected chi connectivity index (χ0v) is 17.1. The number of H-pyrrole nitrogens is 1. The van der Waals surface area contributed by atoms with Crippen molar-refractivity contribution in [2.75, 3.05) is 26.7 Å². The van der Waals surface area contributed by atoms with Gasteiger partial charge in [-0.25, -0.2) is 0 Å². The first-order valence-corrected chi connectivity index (χ1v) is 10.2. The highest BCUT2D eigenvalue weighted by Crippen LogP contribution is 2.29. The average molecular weight is 393 g/mol. The van der Waals surface area contributed by atoms with Crippen molar-refractivity contribution < 1.29 is 9.53 Å². The molecule has 1 fully saturated rings. The van der Waals surface area contributed by atoms with Crippen molar-refractivity contribution in [2.24, 2.45) is 5.92 Å². The Kier molecular flexibility index (Phi) is 5.81. The third kappa shape index (κ3) is 4.59. The van der Waals surface area contributed by atoms with E-state index in [9.17, 15) is 4.79 Å². The number of nitrogens with zero attached hydrogens (tertiary/aromatic N) is 2. The number of rotatable bonds is 6. The fraction of sp³-hybridized carbons (Fsp3) is 0.391. The van der Waals surface area contributed by atoms with Crippen LogP contribution in [0.25, 0.3) is 22.0 Å². The quantitative estimate of drug-likeness (QED) is 0.673. The number of aromatic nitrogens is 2. The van der Waals surface area contributed by atoms with Gasteiger partial charge < -0.3 is 10.1 Å². The van der Waals surface area contributed by atoms with E-state index in [1.54, 1.807) is 14.0 Å². The molecule has 6 nitrogen and oxygen atoms in total. The number of fused-ring (bicyclic) bond motifs is 1. The van der Waals surface area contributed by atoms with Gasteiger partial charge in [-0.15, -0.1) is 0 Å². The van der Waals surface area contributed by atoms with Crippen molar-refractivity contribution >= 4 is 16.7 Å². The van der Waals surface area contributed by atoms with Crippen LogP contribution in [0.1, 0.15) is 25.3 Å². The number of carbonyl (C=O) groups excluding carboxylic acids is 1. The summed E-state index contributed by atoms with van der Waals surface area (Å²) < 4.78 is 5.32. The number of benzene rings is 2. The number of amides is 1. The highest BCUT2D eigenvalue weighted by atomic mass is 16.5. The predicted molar refractivity (Wildman–Crippen MR) is 115 cm³/mol. The fourth-order valence-electron chi connectivity index (χ4n) is 4.18. The molecule has 3 aromatic rings. The second kappa shape index (κ2) is 8.66. The van der Waals surface area contributed by atoms with Gasteiger partial charge in [0, 0.05) is 37.7 Å². The van der Waals surface area contributed by atoms with E-state index in [0.29, 0.717) is 5.92 Å². The molecular weight excluding hydrogens is 364 g/mol. The van der Waals surface area contributed by atoms with Crippen LogP contribution in [0.4, 0.5) is 0 Å². The van der Waals surface area contributed by atoms with E-state index in [1.165, 1.54) is 17.4 Å². The zero-order valence-electron chi connectivity index (χ0n) is 17.1. The maximum Gasteiger partial charge on any atom is 0.216 e. The molecule has 0 aliphatic carbocycles. The summed E-state index contributed by atoms with van der Waals surface area (Å²) in [5, 5.41) is 12.8. The van der Waals surface area contributed by atoms with Gasteiger partial charge in [0.1, 0.15) is 5.75 Å². The lowest BCUT2D eigenvalue weighted by atomic mass is 9.97. The molecule has 2 N–H and O–H groups in total. The van der Waals surface area contributed by atoms with Gasteiger partial charge in [-0.3, -0.25) is 14.8 Å². The van der Waals surface area contributed by atoms with Crippen molar-refractivity contribution in [1.29, 1.82) is 0 Å². The predicted octanol–water partition coefficient (Wildman–Crippen LogP) is 3.59. The lowest BCUT2D eigenvalue weighted by Crippen LogP contribution is -2.40. The summed E-state index contributed by atoms with van der Waals surface area (Å²) in [6, 6.07) is 12.6. The van der Waals surface area contributed by atoms with Gasteiger partial charge in [-0.1, -0.05) is 18.2 Å². The molecule has 29 heavy (non-hydrogen) atoms. The Morgan fingerprint density at radius 2 is 2.10 bits per heavy atom. The molecule has 1 aliphatic rings. The number of methoxy groups -OCH3 is 1. The average Bonchev–Trinajstić information content (AvgIpc) is 3.19. The number of piperidine rings is 1. The number of ether oxygens (including phenoxy) is 1. The zero-order chi connectivity index (χ0) is 20.2. The molecule has 1 atom stereocenters. The topological polar surface area (TPSA) is 70.2 Å². The van der Waals surface area contributed by atoms with E-state index in [2.05, 4.69) is 50.7 Å². The molecule has 1 aliphatic heterocycles. The lowest BCUT2D eigenvalue weighted by Gasteiger charge is -2.32. The Morgan fingerprint density at radius 1 is 1.28 bits per heavy atom. The molecule has 4 rings (SSSR count). The van der Waals surface area contributed by atoms with Crippen LogP contribution in [0.5, 0.6) is 5.75 Å². The van der Waals surface area contributed by atoms with Gasteiger partial charge in [-0.05, 0) is 54.3 Å². The van der Waals surface area contributed by atoms with E-state index in [0.717, 1.165) is 55.0 Å². The molecule has 0 radical (unpaired) electrons. The van der Waals surface area contributed by atoms with Gasteiger partial charge in [-0.2, -0.15) is 5.10 Å². The van der Waals surface area contributed by atoms with Crippen LogP contribution >= 0.6 is 0 Å². The van der Waals surface area contributed by atoms with Crippen LogP contribution in [-0.2, 0) is 11.3 Å². The Bertz CT molecular complexity index is 997. The van der Waals surface area contributed by atoms with Crippen LogP contribution in [0.15, 0.2) is 42.6 Å². The van der Waals surface area contributed by atoms with Crippen molar-refractivity contribution in [3.8, 4) is 17.0 Å². The largest absolute Gasteiger partial charge is 0.497 e. The Labute approximate surface area is 171 Å². The number of nitrogens with one attached hydrogen (secondary N) is 2. The summed E-state index contributed by atoms with van der Waals surface area (Å²) in [5.41, 5.74) is 3.42. The summed E-state index contributed by atoms with van der Waals surface area (Å²) in [5.74, 6) is 1.43. The Balaban J connectivity index is 1.50. The van der Waals surface area contributed by atoms with E-state index in [-0.39, 0.29) is 5.91 Å². The fourth-order valence-corrected chi connectivity index (χ4v) is 4.18. The van der Waals surface area contributed by atoms with Crippen LogP contribution < -0.4 is 10.1 Å². The minimum absolute atomic E-state index is 0.0492. The van der Waals surface area contributed by atoms with E-state index < -0.39 is 0 Å². The van der Waals surface area contributed by atoms with Gasteiger partial charge in [0.25, 0.3) is 0 Å². The first-order valence-electron chi connectivity index (χ1n) is 10.2. The van der Waals surface area contributed by atoms with Crippen molar-refractivity contribution in [1.82, 2.24) is 20.4 Å². The molecule has 0 spiro atoms. The minimum Gasteiger partial charge on any atom is -0.497 e. The Hall–Kier alpha value is -2.86. The molecule has 1 amide bonds. The molecule has 6 heteroatoms. The number of likely N-dealkylation sites (tertiary alicyclic amines) is 1. The second-order valence-corrected chi connectivity index (χ2v) is 7.88. The summed E-state index contributed by atoms with van der Waals surface area (Å²) in [4.78, 5) is 13.7. The number of hydrogen-bond donors (Lipinski definition) is 2. The smallest absolute Gasteiger partial charge is 0.216 e. The molecule has 2 aromatic carbocycles. The Morgan fingerprint density at radius 3 is 2.93 bits per heavy atom. The normalized spacial score (nSPS) is 17.4. The number of carbonyl (C=O) groups is 1. The molecular formula is C23H28N4O2. The van der Waals surface area contributed by atoms with E-state index in [4.69, 9.17) is 4.74 Å². The van der Waals surface area contributed by atoms with Gasteiger partial charge in [0.15, 0.2) is 0 Å². The van der Waals surface area contributed by atoms with Crippen molar-refractivity contribution in [2.45, 2.75) is 26.3 Å². The maximum atomic E-state index is 11.2. The van der Waals surface area contributed by atoms with Crippen LogP contribution in [0.2, 0.25) is 0 Å². The monoisotopic (exact) mass is 392 g/mol. The summed E-state index contributed by atoms with van der Waals surface area (Å²) in [7, 11) is 1.69. The lowest BCUT2D eigenvalue weighted by molar-refractivity contribution is -0.119. The third-order valence-corrected chi connectivity index (χ3v) is 5.69. The van der Waals surface area contributed by atoms with Crippen LogP contribution in [-0.4, -0.2) is 47.7 Å². The second-order valence-electron chi connectivity index (χ2n) is 7.88. The SMILES string of the molecule is COc1ccc2cc(-c3[nH]ncc3CN3CCCC(CNC(C)=O)C3)ccc2c1. The molecule has 152 valence electrons. The summed E-state index contributed by atoms with van der Waals surface area (Å²) in [6.07, 6.45) is 4.27. The van der Waals surface area contributed by atoms with Crippen molar-refractivity contribution in [3.63, 3.8) is 0 Å². The first kappa shape index (κ1) is 19.5. The number of hydrogen-bond acceptors (Lipinski definition) is 4. The molecule has 0 bridgehead atoms. The molecule has 2 heterocycles. The summed E-state index contributed by atoms with van der Waals surface area (Å²) in [6.45, 7) is 5.29. The van der Waals surface area contributed by atoms with E-state index in [1.807, 2.05) is 12.3 Å². The maximum absolute atomic E-state index is 11.2.